The van der Waals surface area contributed by atoms with E-state index in [1.807, 2.05) is 28.9 Å². The Kier molecular flexibility index (Phi) is 2.29. The average Bonchev–Trinajstić information content (AvgIpc) is 3.17. The summed E-state index contributed by atoms with van der Waals surface area (Å²) in [4.78, 5) is 4.28. The average molecular weight is 278 g/mol. The minimum Gasteiger partial charge on any atom is -0.468 e. The Hall–Kier alpha value is -3.20. The van der Waals surface area contributed by atoms with Gasteiger partial charge in [0.1, 0.15) is 17.4 Å². The Morgan fingerprint density at radius 3 is 3.00 bits per heavy atom. The predicted octanol–water partition coefficient (Wildman–Crippen LogP) is 2.15. The highest BCUT2D eigenvalue weighted by Gasteiger charge is 2.33. The van der Waals surface area contributed by atoms with Crippen LogP contribution < -0.4 is 10.5 Å². The summed E-state index contributed by atoms with van der Waals surface area (Å²) in [5.41, 5.74) is 7.73. The first-order valence-corrected chi connectivity index (χ1v) is 6.36. The van der Waals surface area contributed by atoms with Crippen molar-refractivity contribution in [2.45, 2.75) is 5.92 Å². The number of pyridine rings is 1. The predicted molar refractivity (Wildman–Crippen MR) is 73.2 cm³/mol. The van der Waals surface area contributed by atoms with Crippen molar-refractivity contribution in [3.05, 3.63) is 65.8 Å². The SMILES string of the molecule is N#CC1=C(N)Oc2c(ccn3ccnc23)C1c1ccco1. The molecule has 6 heteroatoms. The number of nitriles is 1. The summed E-state index contributed by atoms with van der Waals surface area (Å²) in [6.07, 6.45) is 6.95. The number of nitrogens with zero attached hydrogens (tertiary/aromatic N) is 3. The van der Waals surface area contributed by atoms with Gasteiger partial charge in [-0.15, -0.1) is 0 Å². The highest BCUT2D eigenvalue weighted by Crippen LogP contribution is 2.43. The second kappa shape index (κ2) is 4.15. The summed E-state index contributed by atoms with van der Waals surface area (Å²) in [6, 6.07) is 7.61. The molecule has 0 aromatic carbocycles. The maximum atomic E-state index is 9.40. The molecule has 102 valence electrons. The van der Waals surface area contributed by atoms with Crippen molar-refractivity contribution in [3.8, 4) is 11.8 Å². The first-order valence-electron chi connectivity index (χ1n) is 6.36. The van der Waals surface area contributed by atoms with E-state index in [2.05, 4.69) is 11.1 Å². The fraction of sp³-hybridized carbons (Fsp3) is 0.0667. The molecule has 0 aliphatic carbocycles. The van der Waals surface area contributed by atoms with E-state index in [0.29, 0.717) is 22.7 Å². The minimum atomic E-state index is -0.379. The standard InChI is InChI=1S/C15H10N4O2/c16-8-10-12(11-2-1-7-20-11)9-3-5-19-6-4-18-15(19)13(9)21-14(10)17/h1-7,12H,17H2. The highest BCUT2D eigenvalue weighted by atomic mass is 16.5. The van der Waals surface area contributed by atoms with Crippen molar-refractivity contribution < 1.29 is 9.15 Å². The quantitative estimate of drug-likeness (QED) is 0.736. The number of fused-ring (bicyclic) bond motifs is 3. The van der Waals surface area contributed by atoms with Crippen LogP contribution in [0.1, 0.15) is 17.2 Å². The van der Waals surface area contributed by atoms with Crippen molar-refractivity contribution in [1.29, 1.82) is 5.26 Å². The fourth-order valence-corrected chi connectivity index (χ4v) is 2.64. The number of ether oxygens (including phenoxy) is 1. The first kappa shape index (κ1) is 11.6. The number of hydrogen-bond acceptors (Lipinski definition) is 5. The maximum Gasteiger partial charge on any atom is 0.205 e. The van der Waals surface area contributed by atoms with Gasteiger partial charge in [0, 0.05) is 24.2 Å². The van der Waals surface area contributed by atoms with Crippen LogP contribution >= 0.6 is 0 Å². The molecule has 0 bridgehead atoms. The normalized spacial score (nSPS) is 17.4. The van der Waals surface area contributed by atoms with Gasteiger partial charge >= 0.3 is 0 Å². The molecule has 2 N–H and O–H groups in total. The van der Waals surface area contributed by atoms with Crippen LogP contribution in [0.3, 0.4) is 0 Å². The largest absolute Gasteiger partial charge is 0.468 e. The van der Waals surface area contributed by atoms with E-state index in [4.69, 9.17) is 14.9 Å². The van der Waals surface area contributed by atoms with Gasteiger partial charge in [-0.1, -0.05) is 0 Å². The van der Waals surface area contributed by atoms with Crippen molar-refractivity contribution in [1.82, 2.24) is 9.38 Å². The number of furan rings is 1. The Bertz CT molecular complexity index is 900. The molecule has 3 aromatic rings. The van der Waals surface area contributed by atoms with Gasteiger partial charge in [-0.2, -0.15) is 5.26 Å². The van der Waals surface area contributed by atoms with Crippen molar-refractivity contribution in [3.63, 3.8) is 0 Å². The monoisotopic (exact) mass is 278 g/mol. The molecule has 0 amide bonds. The summed E-state index contributed by atoms with van der Waals surface area (Å²) in [6.45, 7) is 0. The van der Waals surface area contributed by atoms with Gasteiger partial charge in [0.25, 0.3) is 0 Å². The zero-order valence-corrected chi connectivity index (χ0v) is 10.9. The van der Waals surface area contributed by atoms with Crippen LogP contribution in [0.15, 0.2) is 58.9 Å². The molecule has 1 unspecified atom stereocenters. The molecular formula is C15H10N4O2. The van der Waals surface area contributed by atoms with Crippen LogP contribution in [-0.2, 0) is 0 Å². The Labute approximate surface area is 119 Å². The number of nitrogens with two attached hydrogens (primary N) is 1. The van der Waals surface area contributed by atoms with E-state index in [9.17, 15) is 5.26 Å². The van der Waals surface area contributed by atoms with Gasteiger partial charge in [0.2, 0.25) is 5.88 Å². The van der Waals surface area contributed by atoms with Gasteiger partial charge in [0.05, 0.1) is 12.2 Å². The van der Waals surface area contributed by atoms with Crippen LogP contribution in [0.25, 0.3) is 5.65 Å². The number of rotatable bonds is 1. The smallest absolute Gasteiger partial charge is 0.205 e. The van der Waals surface area contributed by atoms with Crippen LogP contribution in [-0.4, -0.2) is 9.38 Å². The summed E-state index contributed by atoms with van der Waals surface area (Å²) in [7, 11) is 0. The van der Waals surface area contributed by atoms with E-state index in [1.54, 1.807) is 18.5 Å². The van der Waals surface area contributed by atoms with Crippen LogP contribution in [0.5, 0.6) is 5.75 Å². The lowest BCUT2D eigenvalue weighted by atomic mass is 9.88. The molecule has 6 nitrogen and oxygen atoms in total. The first-order chi connectivity index (χ1) is 10.3. The summed E-state index contributed by atoms with van der Waals surface area (Å²) in [5, 5.41) is 9.40. The van der Waals surface area contributed by atoms with Gasteiger partial charge in [0.15, 0.2) is 11.4 Å². The topological polar surface area (TPSA) is 89.5 Å². The molecule has 0 fully saturated rings. The molecule has 1 aliphatic heterocycles. The lowest BCUT2D eigenvalue weighted by Crippen LogP contribution is -2.21. The van der Waals surface area contributed by atoms with Crippen LogP contribution in [0, 0.1) is 11.3 Å². The molecule has 4 rings (SSSR count). The Balaban J connectivity index is 2.03. The molecule has 1 aliphatic rings. The number of hydrogen-bond donors (Lipinski definition) is 1. The zero-order chi connectivity index (χ0) is 14.4. The van der Waals surface area contributed by atoms with Gasteiger partial charge in [-0.25, -0.2) is 4.98 Å². The molecule has 0 saturated carbocycles. The number of aromatic nitrogens is 2. The molecule has 0 saturated heterocycles. The lowest BCUT2D eigenvalue weighted by molar-refractivity contribution is 0.385. The van der Waals surface area contributed by atoms with Gasteiger partial charge in [-0.05, 0) is 18.2 Å². The third-order valence-corrected chi connectivity index (χ3v) is 3.57. The molecular weight excluding hydrogens is 268 g/mol. The second-order valence-corrected chi connectivity index (χ2v) is 4.70. The fourth-order valence-electron chi connectivity index (χ4n) is 2.64. The third kappa shape index (κ3) is 1.55. The molecule has 3 aromatic heterocycles. The van der Waals surface area contributed by atoms with Crippen molar-refractivity contribution in [2.24, 2.45) is 5.73 Å². The van der Waals surface area contributed by atoms with Gasteiger partial charge in [-0.3, -0.25) is 0 Å². The van der Waals surface area contributed by atoms with E-state index < -0.39 is 0 Å². The van der Waals surface area contributed by atoms with E-state index in [1.165, 1.54) is 0 Å². The minimum absolute atomic E-state index is 0.0856. The maximum absolute atomic E-state index is 9.40. The van der Waals surface area contributed by atoms with E-state index >= 15 is 0 Å². The summed E-state index contributed by atoms with van der Waals surface area (Å²) >= 11 is 0. The summed E-state index contributed by atoms with van der Waals surface area (Å²) < 4.78 is 13.0. The second-order valence-electron chi connectivity index (χ2n) is 4.70. The highest BCUT2D eigenvalue weighted by molar-refractivity contribution is 5.65. The molecule has 1 atom stereocenters. The Morgan fingerprint density at radius 1 is 1.33 bits per heavy atom. The van der Waals surface area contributed by atoms with Crippen LogP contribution in [0.2, 0.25) is 0 Å². The molecule has 4 heterocycles. The molecule has 0 spiro atoms. The molecule has 21 heavy (non-hydrogen) atoms. The molecule has 0 radical (unpaired) electrons. The van der Waals surface area contributed by atoms with Crippen LogP contribution in [0.4, 0.5) is 0 Å². The summed E-state index contributed by atoms with van der Waals surface area (Å²) in [5.74, 6) is 0.910. The van der Waals surface area contributed by atoms with E-state index in [-0.39, 0.29) is 11.8 Å². The number of allylic oxidation sites excluding steroid dienone is 1. The third-order valence-electron chi connectivity index (χ3n) is 3.57. The van der Waals surface area contributed by atoms with E-state index in [0.717, 1.165) is 5.56 Å². The Morgan fingerprint density at radius 2 is 2.24 bits per heavy atom. The van der Waals surface area contributed by atoms with Crippen molar-refractivity contribution in [2.75, 3.05) is 0 Å². The lowest BCUT2D eigenvalue weighted by Gasteiger charge is -2.24. The number of imidazole rings is 1. The van der Waals surface area contributed by atoms with Crippen molar-refractivity contribution >= 4 is 5.65 Å². The zero-order valence-electron chi connectivity index (χ0n) is 10.9. The van der Waals surface area contributed by atoms with Gasteiger partial charge < -0.3 is 19.3 Å².